The smallest absolute Gasteiger partial charge is 0.0532 e. The van der Waals surface area contributed by atoms with Gasteiger partial charge in [-0.2, -0.15) is 5.10 Å². The molecular weight excluding hydrogens is 274 g/mol. The summed E-state index contributed by atoms with van der Waals surface area (Å²) in [6.45, 7) is 3.88. The molecule has 0 aliphatic heterocycles. The topological polar surface area (TPSA) is 40.7 Å². The lowest BCUT2D eigenvalue weighted by atomic mass is 10.3. The van der Waals surface area contributed by atoms with Gasteiger partial charge in [-0.05, 0) is 28.9 Å². The number of aryl methyl sites for hydroxylation is 1. The Labute approximate surface area is 101 Å². The van der Waals surface area contributed by atoms with Gasteiger partial charge in [-0.15, -0.1) is 11.3 Å². The minimum absolute atomic E-state index is 0.852. The standard InChI is InChI=1S/C10H12BrN3S/c1-7-10(11)2-9(15-7)6-12-3-8-4-13-14-5-8/h2,4-5,12H,3,6H2,1H3,(H,13,14). The van der Waals surface area contributed by atoms with E-state index in [-0.39, 0.29) is 0 Å². The fourth-order valence-corrected chi connectivity index (χ4v) is 2.88. The Morgan fingerprint density at radius 3 is 3.00 bits per heavy atom. The number of nitrogens with one attached hydrogen (secondary N) is 2. The van der Waals surface area contributed by atoms with Crippen molar-refractivity contribution in [2.45, 2.75) is 20.0 Å². The van der Waals surface area contributed by atoms with E-state index in [0.29, 0.717) is 0 Å². The van der Waals surface area contributed by atoms with Gasteiger partial charge in [0.2, 0.25) is 0 Å². The molecule has 2 heterocycles. The zero-order chi connectivity index (χ0) is 10.7. The highest BCUT2D eigenvalue weighted by Gasteiger charge is 2.02. The number of thiophene rings is 1. The van der Waals surface area contributed by atoms with Crippen LogP contribution in [-0.2, 0) is 13.1 Å². The van der Waals surface area contributed by atoms with Crippen molar-refractivity contribution >= 4 is 27.3 Å². The molecule has 0 aliphatic carbocycles. The van der Waals surface area contributed by atoms with Crippen LogP contribution in [-0.4, -0.2) is 10.2 Å². The Morgan fingerprint density at radius 2 is 2.40 bits per heavy atom. The molecule has 0 bridgehead atoms. The first-order valence-corrected chi connectivity index (χ1v) is 6.30. The molecule has 0 radical (unpaired) electrons. The Hall–Kier alpha value is -0.650. The molecule has 15 heavy (non-hydrogen) atoms. The van der Waals surface area contributed by atoms with Crippen LogP contribution in [0.5, 0.6) is 0 Å². The molecule has 2 N–H and O–H groups in total. The Morgan fingerprint density at radius 1 is 1.53 bits per heavy atom. The summed E-state index contributed by atoms with van der Waals surface area (Å²) >= 11 is 5.33. The highest BCUT2D eigenvalue weighted by Crippen LogP contribution is 2.26. The molecular formula is C10H12BrN3S. The third kappa shape index (κ3) is 2.90. The summed E-state index contributed by atoms with van der Waals surface area (Å²) in [5.74, 6) is 0. The molecule has 80 valence electrons. The van der Waals surface area contributed by atoms with Gasteiger partial charge in [-0.1, -0.05) is 0 Å². The molecule has 2 rings (SSSR count). The van der Waals surface area contributed by atoms with E-state index in [1.165, 1.54) is 19.8 Å². The van der Waals surface area contributed by atoms with Crippen LogP contribution in [0.1, 0.15) is 15.3 Å². The molecule has 0 aliphatic rings. The van der Waals surface area contributed by atoms with Crippen LogP contribution in [0.15, 0.2) is 22.9 Å². The lowest BCUT2D eigenvalue weighted by molar-refractivity contribution is 0.701. The zero-order valence-electron chi connectivity index (χ0n) is 8.38. The van der Waals surface area contributed by atoms with Gasteiger partial charge in [0.15, 0.2) is 0 Å². The molecule has 2 aromatic heterocycles. The van der Waals surface area contributed by atoms with Crippen LogP contribution >= 0.6 is 27.3 Å². The molecule has 0 unspecified atom stereocenters. The van der Waals surface area contributed by atoms with Crippen LogP contribution in [0.4, 0.5) is 0 Å². The minimum Gasteiger partial charge on any atom is -0.308 e. The van der Waals surface area contributed by atoms with Crippen molar-refractivity contribution in [3.8, 4) is 0 Å². The van der Waals surface area contributed by atoms with E-state index in [2.05, 4.69) is 44.4 Å². The van der Waals surface area contributed by atoms with Crippen LogP contribution in [0.25, 0.3) is 0 Å². The van der Waals surface area contributed by atoms with Gasteiger partial charge in [-0.3, -0.25) is 5.10 Å². The number of aromatic amines is 1. The molecule has 0 aromatic carbocycles. The summed E-state index contributed by atoms with van der Waals surface area (Å²) in [6.07, 6.45) is 3.74. The number of halogens is 1. The minimum atomic E-state index is 0.852. The average molecular weight is 286 g/mol. The second-order valence-corrected chi connectivity index (χ2v) is 5.52. The summed E-state index contributed by atoms with van der Waals surface area (Å²) in [7, 11) is 0. The first kappa shape index (κ1) is 10.9. The van der Waals surface area contributed by atoms with Gasteiger partial charge >= 0.3 is 0 Å². The number of hydrogen-bond acceptors (Lipinski definition) is 3. The van der Waals surface area contributed by atoms with Crippen molar-refractivity contribution in [3.05, 3.63) is 38.3 Å². The van der Waals surface area contributed by atoms with Crippen molar-refractivity contribution < 1.29 is 0 Å². The molecule has 5 heteroatoms. The molecule has 0 spiro atoms. The van der Waals surface area contributed by atoms with Crippen molar-refractivity contribution in [1.29, 1.82) is 0 Å². The van der Waals surface area contributed by atoms with Crippen molar-refractivity contribution in [2.24, 2.45) is 0 Å². The summed E-state index contributed by atoms with van der Waals surface area (Å²) in [5, 5.41) is 10.1. The monoisotopic (exact) mass is 285 g/mol. The van der Waals surface area contributed by atoms with Gasteiger partial charge in [0.25, 0.3) is 0 Å². The van der Waals surface area contributed by atoms with Gasteiger partial charge in [0, 0.05) is 39.1 Å². The summed E-state index contributed by atoms with van der Waals surface area (Å²) < 4.78 is 1.20. The third-order valence-electron chi connectivity index (χ3n) is 2.09. The SMILES string of the molecule is Cc1sc(CNCc2cn[nH]c2)cc1Br. The van der Waals surface area contributed by atoms with Crippen LogP contribution in [0.3, 0.4) is 0 Å². The van der Waals surface area contributed by atoms with Crippen molar-refractivity contribution in [3.63, 3.8) is 0 Å². The maximum atomic E-state index is 3.90. The Kier molecular flexibility index (Phi) is 3.56. The Bertz CT molecular complexity index is 402. The van der Waals surface area contributed by atoms with E-state index >= 15 is 0 Å². The van der Waals surface area contributed by atoms with Gasteiger partial charge in [-0.25, -0.2) is 0 Å². The quantitative estimate of drug-likeness (QED) is 0.907. The molecule has 0 saturated carbocycles. The normalized spacial score (nSPS) is 10.8. The number of aromatic nitrogens is 2. The van der Waals surface area contributed by atoms with E-state index in [0.717, 1.165) is 13.1 Å². The van der Waals surface area contributed by atoms with Crippen molar-refractivity contribution in [1.82, 2.24) is 15.5 Å². The van der Waals surface area contributed by atoms with E-state index in [1.807, 2.05) is 23.7 Å². The van der Waals surface area contributed by atoms with E-state index in [4.69, 9.17) is 0 Å². The molecule has 0 fully saturated rings. The van der Waals surface area contributed by atoms with E-state index in [9.17, 15) is 0 Å². The summed E-state index contributed by atoms with van der Waals surface area (Å²) in [6, 6.07) is 2.17. The van der Waals surface area contributed by atoms with Gasteiger partial charge in [0.05, 0.1) is 6.20 Å². The third-order valence-corrected chi connectivity index (χ3v) is 4.23. The van der Waals surface area contributed by atoms with Gasteiger partial charge in [0.1, 0.15) is 0 Å². The van der Waals surface area contributed by atoms with Crippen molar-refractivity contribution in [2.75, 3.05) is 0 Å². The van der Waals surface area contributed by atoms with E-state index in [1.54, 1.807) is 0 Å². The molecule has 2 aromatic rings. The molecule has 3 nitrogen and oxygen atoms in total. The lowest BCUT2D eigenvalue weighted by Gasteiger charge is -1.99. The molecule has 0 atom stereocenters. The lowest BCUT2D eigenvalue weighted by Crippen LogP contribution is -2.10. The van der Waals surface area contributed by atoms with Crippen LogP contribution < -0.4 is 5.32 Å². The molecule has 0 amide bonds. The number of H-pyrrole nitrogens is 1. The van der Waals surface area contributed by atoms with Crippen LogP contribution in [0, 0.1) is 6.92 Å². The fourth-order valence-electron chi connectivity index (χ4n) is 1.31. The first-order valence-electron chi connectivity index (χ1n) is 4.69. The predicted octanol–water partition coefficient (Wildman–Crippen LogP) is 2.83. The molecule has 0 saturated heterocycles. The fraction of sp³-hybridized carbons (Fsp3) is 0.300. The van der Waals surface area contributed by atoms with Gasteiger partial charge < -0.3 is 5.32 Å². The van der Waals surface area contributed by atoms with Crippen LogP contribution in [0.2, 0.25) is 0 Å². The highest BCUT2D eigenvalue weighted by atomic mass is 79.9. The largest absolute Gasteiger partial charge is 0.308 e. The maximum absolute atomic E-state index is 3.90. The van der Waals surface area contributed by atoms with E-state index < -0.39 is 0 Å². The second-order valence-electron chi connectivity index (χ2n) is 3.33. The summed E-state index contributed by atoms with van der Waals surface area (Å²) in [4.78, 5) is 2.68. The highest BCUT2D eigenvalue weighted by molar-refractivity contribution is 9.10. The zero-order valence-corrected chi connectivity index (χ0v) is 10.8. The first-order chi connectivity index (χ1) is 7.25. The predicted molar refractivity (Wildman–Crippen MR) is 65.9 cm³/mol. The average Bonchev–Trinajstić information content (AvgIpc) is 2.79. The Balaban J connectivity index is 1.83. The maximum Gasteiger partial charge on any atom is 0.0532 e. The number of rotatable bonds is 4. The number of nitrogens with zero attached hydrogens (tertiary/aromatic N) is 1. The summed E-state index contributed by atoms with van der Waals surface area (Å²) in [5.41, 5.74) is 1.18. The number of hydrogen-bond donors (Lipinski definition) is 2. The second kappa shape index (κ2) is 4.92.